The van der Waals surface area contributed by atoms with Gasteiger partial charge in [0.2, 0.25) is 0 Å². The summed E-state index contributed by atoms with van der Waals surface area (Å²) in [7, 11) is 0. The highest BCUT2D eigenvalue weighted by molar-refractivity contribution is 6.07. The number of nitrogens with one attached hydrogen (secondary N) is 1. The number of benzene rings is 1. The summed E-state index contributed by atoms with van der Waals surface area (Å²) in [6, 6.07) is 8.65. The fraction of sp³-hybridized carbons (Fsp3) is 0.391. The molecular formula is C23H28N4O3. The average molecular weight is 409 g/mol. The van der Waals surface area contributed by atoms with Crippen molar-refractivity contribution in [2.75, 3.05) is 0 Å². The van der Waals surface area contributed by atoms with E-state index < -0.39 is 17.9 Å². The van der Waals surface area contributed by atoms with Gasteiger partial charge in [0, 0.05) is 11.6 Å². The van der Waals surface area contributed by atoms with Gasteiger partial charge in [-0.1, -0.05) is 38.1 Å². The number of aliphatic carboxylic acids is 1. The minimum atomic E-state index is -1.04. The lowest BCUT2D eigenvalue weighted by Gasteiger charge is -2.17. The van der Waals surface area contributed by atoms with Gasteiger partial charge in [0.1, 0.15) is 6.04 Å². The molecule has 1 atom stereocenters. The van der Waals surface area contributed by atoms with Crippen molar-refractivity contribution in [3.63, 3.8) is 0 Å². The van der Waals surface area contributed by atoms with Crippen molar-refractivity contribution in [1.29, 1.82) is 0 Å². The number of rotatable bonds is 7. The van der Waals surface area contributed by atoms with Gasteiger partial charge in [-0.15, -0.1) is 0 Å². The van der Waals surface area contributed by atoms with Crippen LogP contribution in [0.25, 0.3) is 22.3 Å². The van der Waals surface area contributed by atoms with Gasteiger partial charge in [-0.25, -0.2) is 14.5 Å². The quantitative estimate of drug-likeness (QED) is 0.610. The fourth-order valence-electron chi connectivity index (χ4n) is 3.51. The van der Waals surface area contributed by atoms with Gasteiger partial charge in [-0.05, 0) is 44.7 Å². The SMILES string of the molecule is Cc1ccccc1-c1cc(C(=O)N[C@@H](CC(C)C)C(=O)O)c2cnn(C(C)C)c2n1. The molecule has 0 bridgehead atoms. The van der Waals surface area contributed by atoms with Gasteiger partial charge in [-0.2, -0.15) is 5.10 Å². The molecule has 0 aliphatic rings. The number of amides is 1. The number of hydrogen-bond donors (Lipinski definition) is 2. The Morgan fingerprint density at radius 1 is 1.17 bits per heavy atom. The van der Waals surface area contributed by atoms with Gasteiger partial charge >= 0.3 is 5.97 Å². The number of aryl methyl sites for hydroxylation is 1. The summed E-state index contributed by atoms with van der Waals surface area (Å²) in [5.74, 6) is -1.34. The van der Waals surface area contributed by atoms with Crippen molar-refractivity contribution >= 4 is 22.9 Å². The molecule has 3 rings (SSSR count). The molecule has 7 nitrogen and oxygen atoms in total. The van der Waals surface area contributed by atoms with Crippen LogP contribution in [0.15, 0.2) is 36.5 Å². The van der Waals surface area contributed by atoms with Crippen LogP contribution in [0.3, 0.4) is 0 Å². The third kappa shape index (κ3) is 4.35. The number of fused-ring (bicyclic) bond motifs is 1. The van der Waals surface area contributed by atoms with Crippen molar-refractivity contribution in [2.45, 2.75) is 53.1 Å². The van der Waals surface area contributed by atoms with Crippen molar-refractivity contribution in [3.8, 4) is 11.3 Å². The van der Waals surface area contributed by atoms with Gasteiger partial charge in [0.05, 0.1) is 22.8 Å². The largest absolute Gasteiger partial charge is 0.480 e. The molecule has 0 fully saturated rings. The van der Waals surface area contributed by atoms with Crippen LogP contribution in [-0.4, -0.2) is 37.8 Å². The van der Waals surface area contributed by atoms with E-state index in [-0.39, 0.29) is 12.0 Å². The first-order chi connectivity index (χ1) is 14.2. The molecule has 1 amide bonds. The van der Waals surface area contributed by atoms with Gasteiger partial charge in [0.15, 0.2) is 5.65 Å². The molecule has 3 aromatic rings. The van der Waals surface area contributed by atoms with Crippen LogP contribution >= 0.6 is 0 Å². The molecule has 0 aliphatic heterocycles. The zero-order valence-electron chi connectivity index (χ0n) is 18.0. The number of carboxylic acids is 1. The maximum absolute atomic E-state index is 13.2. The lowest BCUT2D eigenvalue weighted by molar-refractivity contribution is -0.139. The van der Waals surface area contributed by atoms with E-state index in [0.29, 0.717) is 28.7 Å². The van der Waals surface area contributed by atoms with Crippen molar-refractivity contribution in [2.24, 2.45) is 5.92 Å². The molecule has 7 heteroatoms. The minimum Gasteiger partial charge on any atom is -0.480 e. The van der Waals surface area contributed by atoms with Crippen LogP contribution in [0.5, 0.6) is 0 Å². The standard InChI is InChI=1S/C23H28N4O3/c1-13(2)10-20(23(29)30)26-22(28)17-11-19(16-9-7-6-8-15(16)5)25-21-18(17)12-24-27(21)14(3)4/h6-9,11-14,20H,10H2,1-5H3,(H,26,28)(H,29,30)/t20-/m0/s1. The topological polar surface area (TPSA) is 97.1 Å². The summed E-state index contributed by atoms with van der Waals surface area (Å²) in [6.07, 6.45) is 1.97. The first-order valence-electron chi connectivity index (χ1n) is 10.2. The Kier molecular flexibility index (Phi) is 6.20. The summed E-state index contributed by atoms with van der Waals surface area (Å²) in [6.45, 7) is 9.84. The maximum atomic E-state index is 13.2. The minimum absolute atomic E-state index is 0.0609. The predicted molar refractivity (Wildman–Crippen MR) is 116 cm³/mol. The molecular weight excluding hydrogens is 380 g/mol. The van der Waals surface area contributed by atoms with Crippen LogP contribution in [-0.2, 0) is 4.79 Å². The first kappa shape index (κ1) is 21.5. The molecule has 0 saturated carbocycles. The van der Waals surface area contributed by atoms with E-state index in [1.807, 2.05) is 58.9 Å². The molecule has 0 saturated heterocycles. The van der Waals surface area contributed by atoms with E-state index in [4.69, 9.17) is 4.98 Å². The Balaban J connectivity index is 2.14. The zero-order valence-corrected chi connectivity index (χ0v) is 18.0. The van der Waals surface area contributed by atoms with Crippen molar-refractivity contribution in [3.05, 3.63) is 47.7 Å². The highest BCUT2D eigenvalue weighted by atomic mass is 16.4. The number of hydrogen-bond acceptors (Lipinski definition) is 4. The molecule has 2 aromatic heterocycles. The summed E-state index contributed by atoms with van der Waals surface area (Å²) in [5.41, 5.74) is 3.59. The number of carbonyl (C=O) groups is 2. The monoisotopic (exact) mass is 408 g/mol. The highest BCUT2D eigenvalue weighted by Gasteiger charge is 2.25. The lowest BCUT2D eigenvalue weighted by Crippen LogP contribution is -2.41. The van der Waals surface area contributed by atoms with Crippen molar-refractivity contribution < 1.29 is 14.7 Å². The summed E-state index contributed by atoms with van der Waals surface area (Å²) in [5, 5.41) is 17.2. The number of carboxylic acid groups (broad SMARTS) is 1. The van der Waals surface area contributed by atoms with Crippen LogP contribution in [0.4, 0.5) is 0 Å². The van der Waals surface area contributed by atoms with E-state index in [1.54, 1.807) is 16.9 Å². The first-order valence-corrected chi connectivity index (χ1v) is 10.2. The fourth-order valence-corrected chi connectivity index (χ4v) is 3.51. The molecule has 0 aliphatic carbocycles. The second-order valence-electron chi connectivity index (χ2n) is 8.28. The second-order valence-corrected chi connectivity index (χ2v) is 8.28. The molecule has 30 heavy (non-hydrogen) atoms. The van der Waals surface area contributed by atoms with E-state index in [2.05, 4.69) is 10.4 Å². The normalized spacial score (nSPS) is 12.5. The molecule has 1 aromatic carbocycles. The van der Waals surface area contributed by atoms with Gasteiger partial charge < -0.3 is 10.4 Å². The van der Waals surface area contributed by atoms with E-state index in [0.717, 1.165) is 11.1 Å². The van der Waals surface area contributed by atoms with Crippen LogP contribution in [0, 0.1) is 12.8 Å². The maximum Gasteiger partial charge on any atom is 0.326 e. The Labute approximate surface area is 176 Å². The number of pyridine rings is 1. The second kappa shape index (κ2) is 8.65. The molecule has 0 radical (unpaired) electrons. The van der Waals surface area contributed by atoms with Crippen LogP contribution in [0.1, 0.15) is 56.1 Å². The van der Waals surface area contributed by atoms with Crippen molar-refractivity contribution in [1.82, 2.24) is 20.1 Å². The third-order valence-electron chi connectivity index (χ3n) is 5.03. The average Bonchev–Trinajstić information content (AvgIpc) is 3.10. The molecule has 2 N–H and O–H groups in total. The number of carbonyl (C=O) groups excluding carboxylic acids is 1. The Hall–Kier alpha value is -3.22. The summed E-state index contributed by atoms with van der Waals surface area (Å²) in [4.78, 5) is 29.6. The molecule has 0 spiro atoms. The Morgan fingerprint density at radius 2 is 1.87 bits per heavy atom. The number of nitrogens with zero attached hydrogens (tertiary/aromatic N) is 3. The molecule has 0 unspecified atom stereocenters. The zero-order chi connectivity index (χ0) is 22.0. The van der Waals surface area contributed by atoms with E-state index >= 15 is 0 Å². The van der Waals surface area contributed by atoms with E-state index in [9.17, 15) is 14.7 Å². The van der Waals surface area contributed by atoms with Gasteiger partial charge in [-0.3, -0.25) is 4.79 Å². The molecule has 158 valence electrons. The predicted octanol–water partition coefficient (Wildman–Crippen LogP) is 4.22. The van der Waals surface area contributed by atoms with Crippen LogP contribution in [0.2, 0.25) is 0 Å². The Bertz CT molecular complexity index is 1090. The lowest BCUT2D eigenvalue weighted by atomic mass is 10.0. The summed E-state index contributed by atoms with van der Waals surface area (Å²) < 4.78 is 1.77. The Morgan fingerprint density at radius 3 is 2.47 bits per heavy atom. The smallest absolute Gasteiger partial charge is 0.326 e. The third-order valence-corrected chi connectivity index (χ3v) is 5.03. The highest BCUT2D eigenvalue weighted by Crippen LogP contribution is 2.28. The van der Waals surface area contributed by atoms with Crippen LogP contribution < -0.4 is 5.32 Å². The molecule has 2 heterocycles. The summed E-state index contributed by atoms with van der Waals surface area (Å²) >= 11 is 0. The number of aromatic nitrogens is 3. The van der Waals surface area contributed by atoms with E-state index in [1.165, 1.54) is 0 Å². The van der Waals surface area contributed by atoms with Gasteiger partial charge in [0.25, 0.3) is 5.91 Å².